The van der Waals surface area contributed by atoms with Crippen molar-refractivity contribution in [1.29, 1.82) is 0 Å². The Morgan fingerprint density at radius 3 is 2.76 bits per heavy atom. The Labute approximate surface area is 129 Å². The van der Waals surface area contributed by atoms with Crippen molar-refractivity contribution in [2.24, 2.45) is 5.84 Å². The van der Waals surface area contributed by atoms with Crippen molar-refractivity contribution in [2.75, 3.05) is 18.5 Å². The van der Waals surface area contributed by atoms with E-state index in [0.717, 1.165) is 0 Å². The molecular weight excluding hydrogens is 316 g/mol. The standard InChI is InChI=1S/C12H19ClN4O3S/c1-8-6-17(7-12(2,3)20-8)21(18,19)9-4-10(13)11(16-14)15-5-9/h4-5,8H,6-7,14H2,1-3H3,(H,15,16). The summed E-state index contributed by atoms with van der Waals surface area (Å²) in [5.74, 6) is 5.46. The first-order valence-corrected chi connectivity index (χ1v) is 8.27. The molecule has 1 unspecified atom stereocenters. The van der Waals surface area contributed by atoms with Crippen LogP contribution in [-0.2, 0) is 14.8 Å². The van der Waals surface area contributed by atoms with Crippen LogP contribution in [0.25, 0.3) is 0 Å². The highest BCUT2D eigenvalue weighted by Crippen LogP contribution is 2.28. The van der Waals surface area contributed by atoms with Crippen LogP contribution in [0.2, 0.25) is 5.02 Å². The monoisotopic (exact) mass is 334 g/mol. The lowest BCUT2D eigenvalue weighted by Crippen LogP contribution is -2.53. The number of halogens is 1. The van der Waals surface area contributed by atoms with E-state index in [2.05, 4.69) is 10.4 Å². The highest BCUT2D eigenvalue weighted by Gasteiger charge is 2.38. The lowest BCUT2D eigenvalue weighted by Gasteiger charge is -2.40. The molecule has 7 nitrogen and oxygen atoms in total. The van der Waals surface area contributed by atoms with E-state index in [0.29, 0.717) is 6.54 Å². The van der Waals surface area contributed by atoms with E-state index in [-0.39, 0.29) is 28.4 Å². The molecule has 1 aromatic rings. The van der Waals surface area contributed by atoms with Gasteiger partial charge in [0.2, 0.25) is 10.0 Å². The van der Waals surface area contributed by atoms with Crippen molar-refractivity contribution in [3.63, 3.8) is 0 Å². The lowest BCUT2D eigenvalue weighted by atomic mass is 10.1. The van der Waals surface area contributed by atoms with E-state index in [9.17, 15) is 8.42 Å². The highest BCUT2D eigenvalue weighted by atomic mass is 35.5. The van der Waals surface area contributed by atoms with Gasteiger partial charge in [0.15, 0.2) is 5.82 Å². The third kappa shape index (κ3) is 3.46. The topological polar surface area (TPSA) is 97.6 Å². The summed E-state index contributed by atoms with van der Waals surface area (Å²) in [6.45, 7) is 6.13. The van der Waals surface area contributed by atoms with E-state index in [4.69, 9.17) is 22.2 Å². The molecule has 0 radical (unpaired) electrons. The first-order valence-electron chi connectivity index (χ1n) is 6.46. The fourth-order valence-corrected chi connectivity index (χ4v) is 4.32. The maximum atomic E-state index is 12.7. The minimum absolute atomic E-state index is 0.0383. The molecule has 1 fully saturated rings. The summed E-state index contributed by atoms with van der Waals surface area (Å²) in [5, 5.41) is 0.152. The summed E-state index contributed by atoms with van der Waals surface area (Å²) in [5.41, 5.74) is 1.76. The number of sulfonamides is 1. The van der Waals surface area contributed by atoms with Crippen LogP contribution in [0, 0.1) is 0 Å². The number of nitrogen functional groups attached to an aromatic ring is 1. The normalized spacial score (nSPS) is 23.0. The molecule has 1 atom stereocenters. The third-order valence-corrected chi connectivity index (χ3v) is 5.19. The quantitative estimate of drug-likeness (QED) is 0.637. The number of pyridine rings is 1. The molecule has 1 aliphatic heterocycles. The van der Waals surface area contributed by atoms with Crippen molar-refractivity contribution < 1.29 is 13.2 Å². The molecule has 3 N–H and O–H groups in total. The number of rotatable bonds is 3. The fourth-order valence-electron chi connectivity index (χ4n) is 2.40. The van der Waals surface area contributed by atoms with Crippen molar-refractivity contribution in [1.82, 2.24) is 9.29 Å². The summed E-state index contributed by atoms with van der Waals surface area (Å²) in [4.78, 5) is 3.95. The molecule has 9 heteroatoms. The first kappa shape index (κ1) is 16.4. The third-order valence-electron chi connectivity index (χ3n) is 3.13. The van der Waals surface area contributed by atoms with Gasteiger partial charge in [-0.05, 0) is 26.8 Å². The van der Waals surface area contributed by atoms with E-state index >= 15 is 0 Å². The van der Waals surface area contributed by atoms with Crippen LogP contribution >= 0.6 is 11.6 Å². The number of morpholine rings is 1. The maximum absolute atomic E-state index is 12.7. The zero-order valence-corrected chi connectivity index (χ0v) is 13.7. The van der Waals surface area contributed by atoms with Crippen LogP contribution in [0.4, 0.5) is 5.82 Å². The van der Waals surface area contributed by atoms with Gasteiger partial charge in [0.25, 0.3) is 0 Å². The average Bonchev–Trinajstić information content (AvgIpc) is 2.36. The second kappa shape index (κ2) is 5.69. The molecule has 0 saturated carbocycles. The van der Waals surface area contributed by atoms with E-state index in [1.807, 2.05) is 20.8 Å². The van der Waals surface area contributed by atoms with Gasteiger partial charge >= 0.3 is 0 Å². The van der Waals surface area contributed by atoms with Crippen molar-refractivity contribution in [3.05, 3.63) is 17.3 Å². The highest BCUT2D eigenvalue weighted by molar-refractivity contribution is 7.89. The number of nitrogens with zero attached hydrogens (tertiary/aromatic N) is 2. The van der Waals surface area contributed by atoms with E-state index in [1.54, 1.807) is 0 Å². The molecule has 0 aliphatic carbocycles. The number of aromatic nitrogens is 1. The minimum atomic E-state index is -3.68. The molecule has 0 bridgehead atoms. The Hall–Kier alpha value is -0.930. The molecule has 0 aromatic carbocycles. The van der Waals surface area contributed by atoms with Gasteiger partial charge in [0, 0.05) is 19.3 Å². The largest absolute Gasteiger partial charge is 0.370 e. The van der Waals surface area contributed by atoms with E-state index in [1.165, 1.54) is 16.6 Å². The Balaban J connectivity index is 2.35. The zero-order valence-electron chi connectivity index (χ0n) is 12.1. The number of nitrogens with two attached hydrogens (primary N) is 1. The van der Waals surface area contributed by atoms with E-state index < -0.39 is 15.6 Å². The molecule has 1 aliphatic rings. The van der Waals surface area contributed by atoms with Crippen LogP contribution in [0.15, 0.2) is 17.2 Å². The molecule has 0 spiro atoms. The van der Waals surface area contributed by atoms with Gasteiger partial charge in [-0.2, -0.15) is 4.31 Å². The number of nitrogens with one attached hydrogen (secondary N) is 1. The second-order valence-electron chi connectivity index (χ2n) is 5.63. The maximum Gasteiger partial charge on any atom is 0.244 e. The predicted octanol–water partition coefficient (Wildman–Crippen LogP) is 1.21. The number of hydrazine groups is 1. The van der Waals surface area contributed by atoms with Crippen LogP contribution in [0.3, 0.4) is 0 Å². The molecule has 21 heavy (non-hydrogen) atoms. The predicted molar refractivity (Wildman–Crippen MR) is 80.4 cm³/mol. The van der Waals surface area contributed by atoms with Crippen LogP contribution < -0.4 is 11.3 Å². The lowest BCUT2D eigenvalue weighted by molar-refractivity contribution is -0.109. The molecule has 1 aromatic heterocycles. The molecule has 0 amide bonds. The molecule has 118 valence electrons. The van der Waals surface area contributed by atoms with Gasteiger partial charge in [-0.3, -0.25) is 0 Å². The Kier molecular flexibility index (Phi) is 4.46. The number of hydrogen-bond donors (Lipinski definition) is 2. The average molecular weight is 335 g/mol. The summed E-state index contributed by atoms with van der Waals surface area (Å²) in [7, 11) is -3.68. The smallest absolute Gasteiger partial charge is 0.244 e. The van der Waals surface area contributed by atoms with Crippen LogP contribution in [-0.4, -0.2) is 42.5 Å². The Bertz CT molecular complexity index is 635. The van der Waals surface area contributed by atoms with Gasteiger partial charge in [0.05, 0.1) is 16.7 Å². The molecular formula is C12H19ClN4O3S. The second-order valence-corrected chi connectivity index (χ2v) is 7.98. The van der Waals surface area contributed by atoms with Crippen LogP contribution in [0.5, 0.6) is 0 Å². The van der Waals surface area contributed by atoms with Crippen molar-refractivity contribution in [2.45, 2.75) is 37.4 Å². The Morgan fingerprint density at radius 1 is 1.57 bits per heavy atom. The summed E-state index contributed by atoms with van der Waals surface area (Å²) in [6.07, 6.45) is 1.06. The number of anilines is 1. The van der Waals surface area contributed by atoms with Gasteiger partial charge < -0.3 is 10.2 Å². The molecule has 1 saturated heterocycles. The van der Waals surface area contributed by atoms with Crippen molar-refractivity contribution in [3.8, 4) is 0 Å². The molecule has 2 heterocycles. The van der Waals surface area contributed by atoms with Gasteiger partial charge in [-0.15, -0.1) is 0 Å². The van der Waals surface area contributed by atoms with Gasteiger partial charge in [-0.25, -0.2) is 19.2 Å². The summed E-state index contributed by atoms with van der Waals surface area (Å²) >= 11 is 5.95. The SMILES string of the molecule is CC1CN(S(=O)(=O)c2cnc(NN)c(Cl)c2)CC(C)(C)O1. The summed E-state index contributed by atoms with van der Waals surface area (Å²) in [6, 6.07) is 1.34. The summed E-state index contributed by atoms with van der Waals surface area (Å²) < 4.78 is 32.5. The fraction of sp³-hybridized carbons (Fsp3) is 0.583. The van der Waals surface area contributed by atoms with Gasteiger partial charge in [0.1, 0.15) is 4.90 Å². The number of ether oxygens (including phenoxy) is 1. The number of hydrogen-bond acceptors (Lipinski definition) is 6. The molecule has 2 rings (SSSR count). The zero-order chi connectivity index (χ0) is 15.8. The van der Waals surface area contributed by atoms with Crippen molar-refractivity contribution >= 4 is 27.4 Å². The Morgan fingerprint density at radius 2 is 2.24 bits per heavy atom. The van der Waals surface area contributed by atoms with Gasteiger partial charge in [-0.1, -0.05) is 11.6 Å². The first-order chi connectivity index (χ1) is 9.65. The minimum Gasteiger partial charge on any atom is -0.370 e. The van der Waals surface area contributed by atoms with Crippen LogP contribution in [0.1, 0.15) is 20.8 Å².